The first-order valence-electron chi connectivity index (χ1n) is 5.52. The molecule has 0 aliphatic heterocycles. The zero-order valence-corrected chi connectivity index (χ0v) is 13.7. The number of rotatable bonds is 3. The van der Waals surface area contributed by atoms with E-state index in [2.05, 4.69) is 37.2 Å². The average Bonchev–Trinajstić information content (AvgIpc) is 2.42. The van der Waals surface area contributed by atoms with E-state index in [0.29, 0.717) is 20.4 Å². The van der Waals surface area contributed by atoms with Gasteiger partial charge in [-0.15, -0.1) is 0 Å². The van der Waals surface area contributed by atoms with Gasteiger partial charge in [0.2, 0.25) is 0 Å². The number of anilines is 1. The standard InChI is InChI=1S/C14H10Br2ClNO/c15-8-9-3-1-2-4-13(9)18-14(19)11-7-10(17)5-6-12(11)16/h1-7H,8H2,(H,18,19). The average molecular weight is 404 g/mol. The summed E-state index contributed by atoms with van der Waals surface area (Å²) in [4.78, 5) is 12.2. The van der Waals surface area contributed by atoms with Crippen LogP contribution in [0.15, 0.2) is 46.9 Å². The van der Waals surface area contributed by atoms with Crippen molar-refractivity contribution in [1.82, 2.24) is 0 Å². The Morgan fingerprint density at radius 3 is 2.68 bits per heavy atom. The molecule has 1 N–H and O–H groups in total. The molecule has 0 aromatic heterocycles. The summed E-state index contributed by atoms with van der Waals surface area (Å²) in [6.07, 6.45) is 0. The molecule has 98 valence electrons. The van der Waals surface area contributed by atoms with E-state index in [0.717, 1.165) is 11.3 Å². The lowest BCUT2D eigenvalue weighted by atomic mass is 10.1. The van der Waals surface area contributed by atoms with Crippen LogP contribution in [0.1, 0.15) is 15.9 Å². The van der Waals surface area contributed by atoms with Crippen molar-refractivity contribution in [2.75, 3.05) is 5.32 Å². The quantitative estimate of drug-likeness (QED) is 0.697. The fourth-order valence-corrected chi connectivity index (χ4v) is 2.71. The molecule has 5 heteroatoms. The van der Waals surface area contributed by atoms with Crippen molar-refractivity contribution in [1.29, 1.82) is 0 Å². The first-order valence-corrected chi connectivity index (χ1v) is 7.81. The molecule has 0 radical (unpaired) electrons. The van der Waals surface area contributed by atoms with E-state index < -0.39 is 0 Å². The first-order chi connectivity index (χ1) is 9.11. The first kappa shape index (κ1) is 14.6. The molecule has 0 saturated carbocycles. The van der Waals surface area contributed by atoms with E-state index in [1.54, 1.807) is 18.2 Å². The molecule has 0 aliphatic rings. The van der Waals surface area contributed by atoms with Gasteiger partial charge in [0, 0.05) is 20.5 Å². The van der Waals surface area contributed by atoms with E-state index in [-0.39, 0.29) is 5.91 Å². The summed E-state index contributed by atoms with van der Waals surface area (Å²) in [6.45, 7) is 0. The van der Waals surface area contributed by atoms with Crippen molar-refractivity contribution in [3.8, 4) is 0 Å². The lowest BCUT2D eigenvalue weighted by molar-refractivity contribution is 0.102. The second-order valence-electron chi connectivity index (χ2n) is 3.87. The molecule has 1 amide bonds. The Balaban J connectivity index is 2.28. The van der Waals surface area contributed by atoms with Crippen molar-refractivity contribution in [2.24, 2.45) is 0 Å². The van der Waals surface area contributed by atoms with Crippen LogP contribution in [0.3, 0.4) is 0 Å². The van der Waals surface area contributed by atoms with Crippen LogP contribution in [0, 0.1) is 0 Å². The number of halogens is 3. The molecule has 19 heavy (non-hydrogen) atoms. The van der Waals surface area contributed by atoms with E-state index in [4.69, 9.17) is 11.6 Å². The molecule has 0 atom stereocenters. The zero-order valence-electron chi connectivity index (χ0n) is 9.79. The van der Waals surface area contributed by atoms with Gasteiger partial charge in [-0.3, -0.25) is 4.79 Å². The highest BCUT2D eigenvalue weighted by Crippen LogP contribution is 2.24. The maximum absolute atomic E-state index is 12.2. The molecule has 0 fully saturated rings. The van der Waals surface area contributed by atoms with Gasteiger partial charge in [0.15, 0.2) is 0 Å². The van der Waals surface area contributed by atoms with E-state index in [1.807, 2.05) is 24.3 Å². The van der Waals surface area contributed by atoms with Crippen LogP contribution in [-0.4, -0.2) is 5.91 Å². The van der Waals surface area contributed by atoms with Crippen LogP contribution < -0.4 is 5.32 Å². The van der Waals surface area contributed by atoms with Crippen molar-refractivity contribution in [2.45, 2.75) is 5.33 Å². The Hall–Kier alpha value is -0.840. The van der Waals surface area contributed by atoms with Gasteiger partial charge in [-0.25, -0.2) is 0 Å². The summed E-state index contributed by atoms with van der Waals surface area (Å²) < 4.78 is 0.714. The van der Waals surface area contributed by atoms with Gasteiger partial charge in [-0.2, -0.15) is 0 Å². The molecule has 2 aromatic rings. The number of nitrogens with one attached hydrogen (secondary N) is 1. The lowest BCUT2D eigenvalue weighted by Crippen LogP contribution is -2.13. The summed E-state index contributed by atoms with van der Waals surface area (Å²) >= 11 is 12.7. The maximum Gasteiger partial charge on any atom is 0.256 e. The van der Waals surface area contributed by atoms with E-state index >= 15 is 0 Å². The predicted octanol–water partition coefficient (Wildman–Crippen LogP) is 5.25. The SMILES string of the molecule is O=C(Nc1ccccc1CBr)c1cc(Cl)ccc1Br. The second-order valence-corrected chi connectivity index (χ2v) is 5.72. The maximum atomic E-state index is 12.2. The summed E-state index contributed by atoms with van der Waals surface area (Å²) in [5, 5.41) is 4.10. The van der Waals surface area contributed by atoms with Crippen LogP contribution in [0.2, 0.25) is 5.02 Å². The Morgan fingerprint density at radius 2 is 1.95 bits per heavy atom. The normalized spacial score (nSPS) is 10.3. The molecular weight excluding hydrogens is 393 g/mol. The van der Waals surface area contributed by atoms with Gasteiger partial charge in [-0.05, 0) is 45.8 Å². The number of amides is 1. The summed E-state index contributed by atoms with van der Waals surface area (Å²) in [5.74, 6) is -0.192. The molecule has 0 saturated heterocycles. The molecule has 0 heterocycles. The summed E-state index contributed by atoms with van der Waals surface area (Å²) in [7, 11) is 0. The number of para-hydroxylation sites is 1. The Kier molecular flexibility index (Phi) is 5.02. The van der Waals surface area contributed by atoms with Crippen LogP contribution in [-0.2, 0) is 5.33 Å². The van der Waals surface area contributed by atoms with Crippen LogP contribution in [0.25, 0.3) is 0 Å². The van der Waals surface area contributed by atoms with Gasteiger partial charge in [0.05, 0.1) is 5.56 Å². The Labute approximate surface area is 133 Å². The zero-order chi connectivity index (χ0) is 13.8. The third-order valence-electron chi connectivity index (χ3n) is 2.58. The topological polar surface area (TPSA) is 29.1 Å². The molecule has 2 rings (SSSR count). The fraction of sp³-hybridized carbons (Fsp3) is 0.0714. The molecule has 0 unspecified atom stereocenters. The Bertz CT molecular complexity index is 616. The van der Waals surface area contributed by atoms with Crippen LogP contribution in [0.5, 0.6) is 0 Å². The largest absolute Gasteiger partial charge is 0.322 e. The number of hydrogen-bond acceptors (Lipinski definition) is 1. The van der Waals surface area contributed by atoms with Gasteiger partial charge >= 0.3 is 0 Å². The van der Waals surface area contributed by atoms with Crippen molar-refractivity contribution >= 4 is 55.1 Å². The number of carbonyl (C=O) groups excluding carboxylic acids is 1. The monoisotopic (exact) mass is 401 g/mol. The van der Waals surface area contributed by atoms with E-state index in [1.165, 1.54) is 0 Å². The number of alkyl halides is 1. The minimum atomic E-state index is -0.192. The minimum Gasteiger partial charge on any atom is -0.322 e. The van der Waals surface area contributed by atoms with Gasteiger partial charge in [-0.1, -0.05) is 45.7 Å². The fourth-order valence-electron chi connectivity index (χ4n) is 1.62. The third-order valence-corrected chi connectivity index (χ3v) is 4.11. The highest BCUT2D eigenvalue weighted by atomic mass is 79.9. The molecule has 2 nitrogen and oxygen atoms in total. The predicted molar refractivity (Wildman–Crippen MR) is 86.2 cm³/mol. The smallest absolute Gasteiger partial charge is 0.256 e. The minimum absolute atomic E-state index is 0.192. The lowest BCUT2D eigenvalue weighted by Gasteiger charge is -2.10. The number of hydrogen-bond donors (Lipinski definition) is 1. The van der Waals surface area contributed by atoms with E-state index in [9.17, 15) is 4.79 Å². The molecule has 0 spiro atoms. The Morgan fingerprint density at radius 1 is 1.21 bits per heavy atom. The third kappa shape index (κ3) is 3.59. The van der Waals surface area contributed by atoms with Crippen molar-refractivity contribution < 1.29 is 4.79 Å². The second kappa shape index (κ2) is 6.55. The van der Waals surface area contributed by atoms with Crippen LogP contribution >= 0.6 is 43.5 Å². The highest BCUT2D eigenvalue weighted by molar-refractivity contribution is 9.10. The van der Waals surface area contributed by atoms with Gasteiger partial charge in [0.25, 0.3) is 5.91 Å². The highest BCUT2D eigenvalue weighted by Gasteiger charge is 2.12. The summed E-state index contributed by atoms with van der Waals surface area (Å²) in [5.41, 5.74) is 2.32. The summed E-state index contributed by atoms with van der Waals surface area (Å²) in [6, 6.07) is 12.8. The number of carbonyl (C=O) groups is 1. The molecule has 0 aliphatic carbocycles. The van der Waals surface area contributed by atoms with Crippen molar-refractivity contribution in [3.05, 3.63) is 63.1 Å². The molecule has 0 bridgehead atoms. The number of benzene rings is 2. The van der Waals surface area contributed by atoms with Gasteiger partial charge in [0.1, 0.15) is 0 Å². The van der Waals surface area contributed by atoms with Gasteiger partial charge < -0.3 is 5.32 Å². The molecule has 2 aromatic carbocycles. The van der Waals surface area contributed by atoms with Crippen LogP contribution in [0.4, 0.5) is 5.69 Å². The van der Waals surface area contributed by atoms with Crippen molar-refractivity contribution in [3.63, 3.8) is 0 Å². The molecular formula is C14H10Br2ClNO.